The van der Waals surface area contributed by atoms with E-state index in [9.17, 15) is 9.59 Å². The van der Waals surface area contributed by atoms with E-state index in [0.29, 0.717) is 11.4 Å². The number of hydrogen-bond acceptors (Lipinski definition) is 4. The molecule has 0 aromatic heterocycles. The molecule has 0 saturated heterocycles. The standard InChI is InChI=1S/C14H10N2O4.2Na/c17-13(18)9-1-5-11(6-2-9)15-16-12-7-3-10(4-8-12)14(19)20;;/h1-8H,(H,17,18)(H,19,20);;. The third-order valence-corrected chi connectivity index (χ3v) is 2.51. The van der Waals surface area contributed by atoms with Crippen molar-refractivity contribution in [3.05, 3.63) is 59.7 Å². The fourth-order valence-corrected chi connectivity index (χ4v) is 1.46. The van der Waals surface area contributed by atoms with E-state index in [1.165, 1.54) is 24.3 Å². The summed E-state index contributed by atoms with van der Waals surface area (Å²) < 4.78 is 0. The van der Waals surface area contributed by atoms with Crippen LogP contribution in [0.2, 0.25) is 0 Å². The fraction of sp³-hybridized carbons (Fsp3) is 0. The van der Waals surface area contributed by atoms with Gasteiger partial charge in [-0.25, -0.2) is 9.59 Å². The van der Waals surface area contributed by atoms with E-state index in [4.69, 9.17) is 10.2 Å². The quantitative estimate of drug-likeness (QED) is 0.669. The van der Waals surface area contributed by atoms with Crippen LogP contribution in [0.25, 0.3) is 0 Å². The molecule has 2 aromatic rings. The minimum Gasteiger partial charge on any atom is -0.478 e. The molecule has 102 valence electrons. The van der Waals surface area contributed by atoms with Crippen LogP contribution in [0.3, 0.4) is 0 Å². The van der Waals surface area contributed by atoms with Gasteiger partial charge in [0.05, 0.1) is 22.5 Å². The number of rotatable bonds is 4. The molecule has 2 radical (unpaired) electrons. The van der Waals surface area contributed by atoms with Gasteiger partial charge in [0.15, 0.2) is 0 Å². The molecule has 0 heterocycles. The van der Waals surface area contributed by atoms with Crippen LogP contribution >= 0.6 is 0 Å². The van der Waals surface area contributed by atoms with Crippen molar-refractivity contribution in [1.82, 2.24) is 0 Å². The van der Waals surface area contributed by atoms with Crippen LogP contribution in [0.15, 0.2) is 58.8 Å². The summed E-state index contributed by atoms with van der Waals surface area (Å²) in [6, 6.07) is 11.9. The van der Waals surface area contributed by atoms with E-state index in [1.807, 2.05) is 0 Å². The maximum absolute atomic E-state index is 10.7. The number of azo groups is 1. The molecule has 0 aliphatic heterocycles. The zero-order chi connectivity index (χ0) is 14.5. The second-order valence-electron chi connectivity index (χ2n) is 3.90. The summed E-state index contributed by atoms with van der Waals surface area (Å²) in [5.41, 5.74) is 1.37. The molecule has 0 aliphatic rings. The minimum atomic E-state index is -1.00. The van der Waals surface area contributed by atoms with Crippen molar-refractivity contribution in [2.75, 3.05) is 0 Å². The van der Waals surface area contributed by atoms with Crippen LogP contribution in [0.1, 0.15) is 20.7 Å². The molecule has 0 spiro atoms. The molecule has 6 nitrogen and oxygen atoms in total. The Labute approximate surface area is 170 Å². The first-order valence-corrected chi connectivity index (χ1v) is 5.65. The van der Waals surface area contributed by atoms with Crippen molar-refractivity contribution < 1.29 is 19.8 Å². The summed E-state index contributed by atoms with van der Waals surface area (Å²) in [4.78, 5) is 21.4. The third-order valence-electron chi connectivity index (χ3n) is 2.51. The third kappa shape index (κ3) is 6.00. The van der Waals surface area contributed by atoms with Crippen LogP contribution in [-0.4, -0.2) is 81.3 Å². The molecule has 0 atom stereocenters. The second kappa shape index (κ2) is 9.89. The molecule has 0 aliphatic carbocycles. The Morgan fingerprint density at radius 3 is 1.14 bits per heavy atom. The number of carboxylic acid groups (broad SMARTS) is 2. The first kappa shape index (κ1) is 21.0. The van der Waals surface area contributed by atoms with Gasteiger partial charge < -0.3 is 10.2 Å². The van der Waals surface area contributed by atoms with Crippen LogP contribution in [-0.2, 0) is 0 Å². The molecule has 8 heteroatoms. The van der Waals surface area contributed by atoms with Crippen molar-refractivity contribution in [2.24, 2.45) is 10.2 Å². The van der Waals surface area contributed by atoms with Crippen LogP contribution in [0.4, 0.5) is 11.4 Å². The molecule has 0 amide bonds. The van der Waals surface area contributed by atoms with Gasteiger partial charge in [-0.2, -0.15) is 10.2 Å². The summed E-state index contributed by atoms with van der Waals surface area (Å²) in [6.45, 7) is 0. The Morgan fingerprint density at radius 2 is 0.909 bits per heavy atom. The van der Waals surface area contributed by atoms with E-state index >= 15 is 0 Å². The summed E-state index contributed by atoms with van der Waals surface area (Å²) in [7, 11) is 0. The molecular weight excluding hydrogens is 306 g/mol. The second-order valence-corrected chi connectivity index (χ2v) is 3.90. The molecule has 2 rings (SSSR count). The first-order valence-electron chi connectivity index (χ1n) is 5.65. The van der Waals surface area contributed by atoms with Crippen molar-refractivity contribution in [3.63, 3.8) is 0 Å². The summed E-state index contributed by atoms with van der Waals surface area (Å²) >= 11 is 0. The SMILES string of the molecule is O=C(O)c1ccc(N=Nc2ccc(C(=O)O)cc2)cc1.[Na].[Na]. The van der Waals surface area contributed by atoms with Crippen molar-refractivity contribution >= 4 is 82.4 Å². The summed E-state index contributed by atoms with van der Waals surface area (Å²) in [6.07, 6.45) is 0. The number of nitrogens with zero attached hydrogens (tertiary/aromatic N) is 2. The average molecular weight is 316 g/mol. The zero-order valence-corrected chi connectivity index (χ0v) is 16.2. The Kier molecular flexibility index (Phi) is 9.43. The number of carboxylic acids is 2. The molecule has 0 bridgehead atoms. The normalized spacial score (nSPS) is 9.64. The Hall–Kier alpha value is -1.02. The van der Waals surface area contributed by atoms with Crippen molar-refractivity contribution in [1.29, 1.82) is 0 Å². The van der Waals surface area contributed by atoms with E-state index in [2.05, 4.69) is 10.2 Å². The Morgan fingerprint density at radius 1 is 0.636 bits per heavy atom. The van der Waals surface area contributed by atoms with Crippen LogP contribution < -0.4 is 0 Å². The fourth-order valence-electron chi connectivity index (χ4n) is 1.46. The number of carbonyl (C=O) groups is 2. The molecule has 2 aromatic carbocycles. The topological polar surface area (TPSA) is 99.3 Å². The zero-order valence-electron chi connectivity index (χ0n) is 12.2. The van der Waals surface area contributed by atoms with Gasteiger partial charge in [0.1, 0.15) is 0 Å². The number of benzene rings is 2. The molecule has 0 unspecified atom stereocenters. The van der Waals surface area contributed by atoms with E-state index < -0.39 is 11.9 Å². The Balaban J connectivity index is 0.00000220. The van der Waals surface area contributed by atoms with Gasteiger partial charge in [0, 0.05) is 59.1 Å². The molecule has 0 fully saturated rings. The van der Waals surface area contributed by atoms with Gasteiger partial charge in [0.25, 0.3) is 0 Å². The monoisotopic (exact) mass is 316 g/mol. The first-order chi connectivity index (χ1) is 9.56. The minimum absolute atomic E-state index is 0. The van der Waals surface area contributed by atoms with Gasteiger partial charge >= 0.3 is 11.9 Å². The van der Waals surface area contributed by atoms with Crippen molar-refractivity contribution in [3.8, 4) is 0 Å². The maximum Gasteiger partial charge on any atom is 0.335 e. The summed E-state index contributed by atoms with van der Waals surface area (Å²) in [5, 5.41) is 25.4. The molecular formula is C14H10N2Na2O4. The Bertz CT molecular complexity index is 611. The predicted molar refractivity (Wildman–Crippen MR) is 82.5 cm³/mol. The molecule has 2 N–H and O–H groups in total. The van der Waals surface area contributed by atoms with Gasteiger partial charge in [-0.1, -0.05) is 0 Å². The summed E-state index contributed by atoms with van der Waals surface area (Å²) in [5.74, 6) is -2.00. The number of aromatic carboxylic acids is 2. The van der Waals surface area contributed by atoms with Gasteiger partial charge in [-0.3, -0.25) is 0 Å². The molecule has 0 saturated carbocycles. The smallest absolute Gasteiger partial charge is 0.335 e. The van der Waals surface area contributed by atoms with E-state index in [1.54, 1.807) is 24.3 Å². The van der Waals surface area contributed by atoms with Gasteiger partial charge in [-0.05, 0) is 48.5 Å². The van der Waals surface area contributed by atoms with E-state index in [-0.39, 0.29) is 70.2 Å². The van der Waals surface area contributed by atoms with E-state index in [0.717, 1.165) is 0 Å². The van der Waals surface area contributed by atoms with Gasteiger partial charge in [0.2, 0.25) is 0 Å². The number of hydrogen-bond donors (Lipinski definition) is 2. The maximum atomic E-state index is 10.7. The van der Waals surface area contributed by atoms with Crippen LogP contribution in [0, 0.1) is 0 Å². The molecule has 22 heavy (non-hydrogen) atoms. The van der Waals surface area contributed by atoms with Crippen molar-refractivity contribution in [2.45, 2.75) is 0 Å². The largest absolute Gasteiger partial charge is 0.478 e. The average Bonchev–Trinajstić information content (AvgIpc) is 2.46. The predicted octanol–water partition coefficient (Wildman–Crippen LogP) is 2.74. The van der Waals surface area contributed by atoms with Gasteiger partial charge in [-0.15, -0.1) is 0 Å². The van der Waals surface area contributed by atoms with Crippen LogP contribution in [0.5, 0.6) is 0 Å².